The molecule has 2 N–H and O–H groups in total. The van der Waals surface area contributed by atoms with Gasteiger partial charge in [-0.25, -0.2) is 0 Å². The molecule has 6 heteroatoms. The first kappa shape index (κ1) is 12.4. The topological polar surface area (TPSA) is 83.4 Å². The molecule has 0 aliphatic rings. The summed E-state index contributed by atoms with van der Waals surface area (Å²) in [5.74, 6) is 2.26. The van der Waals surface area contributed by atoms with E-state index in [4.69, 9.17) is 19.7 Å². The van der Waals surface area contributed by atoms with Gasteiger partial charge in [0.25, 0.3) is 0 Å². The standard InChI is InChI=1S/C12H15N3O3/c1-7-9(12-14-11(6-13)18-15-12)4-8(16-2)5-10(7)17-3/h4-5H,6,13H2,1-3H3. The van der Waals surface area contributed by atoms with Crippen molar-refractivity contribution in [2.24, 2.45) is 5.73 Å². The molecule has 0 spiro atoms. The van der Waals surface area contributed by atoms with Crippen LogP contribution in [0.2, 0.25) is 0 Å². The minimum absolute atomic E-state index is 0.215. The fourth-order valence-electron chi connectivity index (χ4n) is 1.67. The molecular weight excluding hydrogens is 234 g/mol. The molecule has 0 saturated heterocycles. The van der Waals surface area contributed by atoms with Crippen LogP contribution in [0.5, 0.6) is 11.5 Å². The highest BCUT2D eigenvalue weighted by atomic mass is 16.5. The van der Waals surface area contributed by atoms with Gasteiger partial charge in [0, 0.05) is 17.2 Å². The third kappa shape index (κ3) is 2.14. The smallest absolute Gasteiger partial charge is 0.240 e. The summed E-state index contributed by atoms with van der Waals surface area (Å²) in [5.41, 5.74) is 7.17. The molecular formula is C12H15N3O3. The van der Waals surface area contributed by atoms with Gasteiger partial charge in [-0.2, -0.15) is 4.98 Å². The molecule has 18 heavy (non-hydrogen) atoms. The highest BCUT2D eigenvalue weighted by Crippen LogP contribution is 2.33. The van der Waals surface area contributed by atoms with E-state index < -0.39 is 0 Å². The van der Waals surface area contributed by atoms with Crippen molar-refractivity contribution in [3.8, 4) is 22.9 Å². The van der Waals surface area contributed by atoms with E-state index in [-0.39, 0.29) is 6.54 Å². The summed E-state index contributed by atoms with van der Waals surface area (Å²) in [5, 5.41) is 3.89. The first-order valence-electron chi connectivity index (χ1n) is 5.45. The minimum Gasteiger partial charge on any atom is -0.497 e. The van der Waals surface area contributed by atoms with E-state index in [2.05, 4.69) is 10.1 Å². The number of benzene rings is 1. The number of hydrogen-bond donors (Lipinski definition) is 1. The van der Waals surface area contributed by atoms with Crippen LogP contribution < -0.4 is 15.2 Å². The highest BCUT2D eigenvalue weighted by Gasteiger charge is 2.15. The average molecular weight is 249 g/mol. The Hall–Kier alpha value is -2.08. The average Bonchev–Trinajstić information content (AvgIpc) is 2.87. The normalized spacial score (nSPS) is 10.4. The van der Waals surface area contributed by atoms with Gasteiger partial charge in [-0.05, 0) is 13.0 Å². The summed E-state index contributed by atoms with van der Waals surface area (Å²) < 4.78 is 15.5. The van der Waals surface area contributed by atoms with Crippen molar-refractivity contribution < 1.29 is 14.0 Å². The quantitative estimate of drug-likeness (QED) is 0.884. The number of ether oxygens (including phenoxy) is 2. The Bertz CT molecular complexity index is 551. The zero-order chi connectivity index (χ0) is 13.1. The lowest BCUT2D eigenvalue weighted by atomic mass is 10.1. The van der Waals surface area contributed by atoms with Crippen LogP contribution in [0.1, 0.15) is 11.5 Å². The van der Waals surface area contributed by atoms with E-state index in [0.29, 0.717) is 23.2 Å². The van der Waals surface area contributed by atoms with Crippen LogP contribution in [0.15, 0.2) is 16.7 Å². The van der Waals surface area contributed by atoms with Crippen molar-refractivity contribution in [1.82, 2.24) is 10.1 Å². The van der Waals surface area contributed by atoms with Gasteiger partial charge in [-0.3, -0.25) is 0 Å². The largest absolute Gasteiger partial charge is 0.497 e. The molecule has 2 rings (SSSR count). The second-order valence-corrected chi connectivity index (χ2v) is 3.72. The van der Waals surface area contributed by atoms with E-state index in [9.17, 15) is 0 Å². The summed E-state index contributed by atoms with van der Waals surface area (Å²) in [6.07, 6.45) is 0. The summed E-state index contributed by atoms with van der Waals surface area (Å²) in [7, 11) is 3.20. The third-order valence-corrected chi connectivity index (χ3v) is 2.67. The van der Waals surface area contributed by atoms with Crippen molar-refractivity contribution in [1.29, 1.82) is 0 Å². The van der Waals surface area contributed by atoms with Crippen LogP contribution in [0.4, 0.5) is 0 Å². The summed E-state index contributed by atoms with van der Waals surface area (Å²) >= 11 is 0. The van der Waals surface area contributed by atoms with Gasteiger partial charge in [0.05, 0.1) is 20.8 Å². The third-order valence-electron chi connectivity index (χ3n) is 2.67. The first-order valence-corrected chi connectivity index (χ1v) is 5.45. The summed E-state index contributed by atoms with van der Waals surface area (Å²) in [4.78, 5) is 4.20. The molecule has 0 radical (unpaired) electrons. The highest BCUT2D eigenvalue weighted by molar-refractivity contribution is 5.66. The van der Waals surface area contributed by atoms with Gasteiger partial charge >= 0.3 is 0 Å². The van der Waals surface area contributed by atoms with Crippen LogP contribution in [-0.4, -0.2) is 24.4 Å². The number of nitrogens with two attached hydrogens (primary N) is 1. The predicted octanol–water partition coefficient (Wildman–Crippen LogP) is 1.52. The molecule has 1 aromatic heterocycles. The Morgan fingerprint density at radius 3 is 2.61 bits per heavy atom. The zero-order valence-electron chi connectivity index (χ0n) is 10.6. The molecule has 0 aliphatic heterocycles. The van der Waals surface area contributed by atoms with E-state index in [1.807, 2.05) is 19.1 Å². The molecule has 0 unspecified atom stereocenters. The van der Waals surface area contributed by atoms with Crippen LogP contribution in [0.3, 0.4) is 0 Å². The van der Waals surface area contributed by atoms with Crippen LogP contribution in [-0.2, 0) is 6.54 Å². The Balaban J connectivity index is 2.54. The number of aromatic nitrogens is 2. The van der Waals surface area contributed by atoms with Crippen molar-refractivity contribution in [2.45, 2.75) is 13.5 Å². The maximum atomic E-state index is 5.45. The van der Waals surface area contributed by atoms with Crippen molar-refractivity contribution in [3.63, 3.8) is 0 Å². The minimum atomic E-state index is 0.215. The second-order valence-electron chi connectivity index (χ2n) is 3.72. The lowest BCUT2D eigenvalue weighted by Crippen LogP contribution is -1.97. The predicted molar refractivity (Wildman–Crippen MR) is 65.5 cm³/mol. The number of nitrogens with zero attached hydrogens (tertiary/aromatic N) is 2. The lowest BCUT2D eigenvalue weighted by molar-refractivity contribution is 0.380. The zero-order valence-corrected chi connectivity index (χ0v) is 10.6. The van der Waals surface area contributed by atoms with Crippen molar-refractivity contribution in [3.05, 3.63) is 23.6 Å². The van der Waals surface area contributed by atoms with Crippen LogP contribution in [0.25, 0.3) is 11.4 Å². The van der Waals surface area contributed by atoms with E-state index in [1.165, 1.54) is 0 Å². The van der Waals surface area contributed by atoms with Gasteiger partial charge in [0.15, 0.2) is 0 Å². The molecule has 6 nitrogen and oxygen atoms in total. The molecule has 0 bridgehead atoms. The first-order chi connectivity index (χ1) is 8.69. The molecule has 1 heterocycles. The Morgan fingerprint density at radius 1 is 1.28 bits per heavy atom. The fourth-order valence-corrected chi connectivity index (χ4v) is 1.67. The Labute approximate surface area is 105 Å². The van der Waals surface area contributed by atoms with Crippen LogP contribution >= 0.6 is 0 Å². The Morgan fingerprint density at radius 2 is 2.06 bits per heavy atom. The Kier molecular flexibility index (Phi) is 3.47. The molecule has 0 saturated carbocycles. The van der Waals surface area contributed by atoms with Gasteiger partial charge < -0.3 is 19.7 Å². The summed E-state index contributed by atoms with van der Waals surface area (Å²) in [6, 6.07) is 3.64. The van der Waals surface area contributed by atoms with E-state index >= 15 is 0 Å². The molecule has 96 valence electrons. The molecule has 1 aromatic carbocycles. The van der Waals surface area contributed by atoms with E-state index in [0.717, 1.165) is 11.1 Å². The molecule has 0 amide bonds. The van der Waals surface area contributed by atoms with Gasteiger partial charge in [0.1, 0.15) is 11.5 Å². The van der Waals surface area contributed by atoms with Crippen LogP contribution in [0, 0.1) is 6.92 Å². The van der Waals surface area contributed by atoms with Gasteiger partial charge in [0.2, 0.25) is 11.7 Å². The monoisotopic (exact) mass is 249 g/mol. The number of methoxy groups -OCH3 is 2. The van der Waals surface area contributed by atoms with Gasteiger partial charge in [-0.15, -0.1) is 0 Å². The molecule has 0 fully saturated rings. The fraction of sp³-hybridized carbons (Fsp3) is 0.333. The number of hydrogen-bond acceptors (Lipinski definition) is 6. The number of rotatable bonds is 4. The SMILES string of the molecule is COc1cc(OC)c(C)c(-c2noc(CN)n2)c1. The molecule has 0 atom stereocenters. The maximum Gasteiger partial charge on any atom is 0.240 e. The summed E-state index contributed by atoms with van der Waals surface area (Å²) in [6.45, 7) is 2.14. The van der Waals surface area contributed by atoms with Crippen molar-refractivity contribution in [2.75, 3.05) is 14.2 Å². The van der Waals surface area contributed by atoms with Crippen molar-refractivity contribution >= 4 is 0 Å². The molecule has 0 aliphatic carbocycles. The van der Waals surface area contributed by atoms with E-state index in [1.54, 1.807) is 14.2 Å². The maximum absolute atomic E-state index is 5.45. The molecule has 2 aromatic rings. The van der Waals surface area contributed by atoms with Gasteiger partial charge in [-0.1, -0.05) is 5.16 Å². The second kappa shape index (κ2) is 5.05. The lowest BCUT2D eigenvalue weighted by Gasteiger charge is -2.10.